The second-order valence-electron chi connectivity index (χ2n) is 5.26. The Morgan fingerprint density at radius 3 is 2.74 bits per heavy atom. The van der Waals surface area contributed by atoms with Crippen molar-refractivity contribution in [3.63, 3.8) is 0 Å². The first-order valence-corrected chi connectivity index (χ1v) is 7.08. The molecule has 1 saturated heterocycles. The van der Waals surface area contributed by atoms with Crippen molar-refractivity contribution in [1.29, 1.82) is 0 Å². The molecule has 0 bridgehead atoms. The highest BCUT2D eigenvalue weighted by Crippen LogP contribution is 2.30. The molecule has 0 aromatic rings. The van der Waals surface area contributed by atoms with Gasteiger partial charge in [-0.3, -0.25) is 4.99 Å². The number of nitrogens with zero attached hydrogens (tertiary/aromatic N) is 2. The van der Waals surface area contributed by atoms with Gasteiger partial charge in [-0.25, -0.2) is 0 Å². The monoisotopic (exact) mass is 271 g/mol. The van der Waals surface area contributed by atoms with Crippen molar-refractivity contribution in [3.8, 4) is 0 Å². The normalized spacial score (nSPS) is 37.9. The quantitative estimate of drug-likeness (QED) is 0.624. The molecule has 0 radical (unpaired) electrons. The Morgan fingerprint density at radius 1 is 1.37 bits per heavy atom. The SMILES string of the molecule is CCNC[C@H]1O[C@@H]2CC(N(C)CC)=N[C@@H]2[C@@H](O)[C@@H]1O. The summed E-state index contributed by atoms with van der Waals surface area (Å²) in [6.45, 7) is 6.30. The molecule has 110 valence electrons. The second-order valence-corrected chi connectivity index (χ2v) is 5.26. The number of rotatable bonds is 4. The number of aliphatic imine (C=N–C) groups is 1. The van der Waals surface area contributed by atoms with E-state index in [4.69, 9.17) is 4.74 Å². The van der Waals surface area contributed by atoms with Crippen LogP contribution in [0.3, 0.4) is 0 Å². The Kier molecular flexibility index (Phi) is 4.78. The van der Waals surface area contributed by atoms with Gasteiger partial charge in [0.2, 0.25) is 0 Å². The molecule has 6 heteroatoms. The van der Waals surface area contributed by atoms with E-state index in [1.807, 2.05) is 14.0 Å². The first kappa shape index (κ1) is 14.7. The Bertz CT molecular complexity index is 337. The molecule has 2 aliphatic rings. The first-order valence-electron chi connectivity index (χ1n) is 7.08. The Morgan fingerprint density at radius 2 is 2.11 bits per heavy atom. The zero-order chi connectivity index (χ0) is 14.0. The van der Waals surface area contributed by atoms with Crippen LogP contribution in [0.25, 0.3) is 0 Å². The molecule has 2 heterocycles. The topological polar surface area (TPSA) is 77.3 Å². The number of fused-ring (bicyclic) bond motifs is 1. The van der Waals surface area contributed by atoms with Crippen LogP contribution in [-0.4, -0.2) is 78.1 Å². The van der Waals surface area contributed by atoms with Gasteiger partial charge in [0.1, 0.15) is 24.1 Å². The number of aliphatic hydroxyl groups is 2. The van der Waals surface area contributed by atoms with E-state index in [1.54, 1.807) is 0 Å². The lowest BCUT2D eigenvalue weighted by Crippen LogP contribution is -2.57. The van der Waals surface area contributed by atoms with Crippen LogP contribution in [0.1, 0.15) is 20.3 Å². The van der Waals surface area contributed by atoms with Gasteiger partial charge in [0.05, 0.1) is 12.2 Å². The smallest absolute Gasteiger partial charge is 0.109 e. The molecule has 0 aliphatic carbocycles. The fourth-order valence-corrected chi connectivity index (χ4v) is 2.65. The summed E-state index contributed by atoms with van der Waals surface area (Å²) in [5, 5.41) is 23.5. The summed E-state index contributed by atoms with van der Waals surface area (Å²) in [6.07, 6.45) is -1.49. The minimum Gasteiger partial charge on any atom is -0.388 e. The predicted molar refractivity (Wildman–Crippen MR) is 73.4 cm³/mol. The highest BCUT2D eigenvalue weighted by molar-refractivity contribution is 5.84. The molecular weight excluding hydrogens is 246 g/mol. The van der Waals surface area contributed by atoms with Gasteiger partial charge >= 0.3 is 0 Å². The molecule has 2 aliphatic heterocycles. The van der Waals surface area contributed by atoms with E-state index in [0.717, 1.165) is 18.9 Å². The summed E-state index contributed by atoms with van der Waals surface area (Å²) in [6, 6.07) is -0.336. The third kappa shape index (κ3) is 2.91. The summed E-state index contributed by atoms with van der Waals surface area (Å²) in [7, 11) is 1.98. The molecule has 0 aromatic heterocycles. The number of hydrogen-bond donors (Lipinski definition) is 3. The van der Waals surface area contributed by atoms with Gasteiger partial charge in [-0.05, 0) is 13.5 Å². The molecule has 0 amide bonds. The lowest BCUT2D eigenvalue weighted by Gasteiger charge is -2.39. The Balaban J connectivity index is 2.04. The molecule has 3 N–H and O–H groups in total. The number of nitrogens with one attached hydrogen (secondary N) is 1. The molecule has 0 aromatic carbocycles. The van der Waals surface area contributed by atoms with E-state index in [0.29, 0.717) is 13.0 Å². The molecule has 0 unspecified atom stereocenters. The zero-order valence-corrected chi connectivity index (χ0v) is 11.9. The van der Waals surface area contributed by atoms with E-state index >= 15 is 0 Å². The van der Waals surface area contributed by atoms with Crippen molar-refractivity contribution >= 4 is 5.84 Å². The van der Waals surface area contributed by atoms with Crippen LogP contribution < -0.4 is 5.32 Å². The summed E-state index contributed by atoms with van der Waals surface area (Å²) < 4.78 is 5.91. The summed E-state index contributed by atoms with van der Waals surface area (Å²) >= 11 is 0. The van der Waals surface area contributed by atoms with Crippen molar-refractivity contribution in [2.24, 2.45) is 4.99 Å². The van der Waals surface area contributed by atoms with E-state index in [1.165, 1.54) is 0 Å². The lowest BCUT2D eigenvalue weighted by atomic mass is 9.93. The van der Waals surface area contributed by atoms with E-state index in [9.17, 15) is 10.2 Å². The third-order valence-corrected chi connectivity index (χ3v) is 4.00. The van der Waals surface area contributed by atoms with E-state index < -0.39 is 12.2 Å². The van der Waals surface area contributed by atoms with Gasteiger partial charge in [-0.1, -0.05) is 6.92 Å². The van der Waals surface area contributed by atoms with Crippen molar-refractivity contribution < 1.29 is 14.9 Å². The second kappa shape index (κ2) is 6.17. The zero-order valence-electron chi connectivity index (χ0n) is 11.9. The number of hydrogen-bond acceptors (Lipinski definition) is 6. The third-order valence-electron chi connectivity index (χ3n) is 4.00. The van der Waals surface area contributed by atoms with Gasteiger partial charge in [0, 0.05) is 26.6 Å². The highest BCUT2D eigenvalue weighted by Gasteiger charge is 2.47. The maximum absolute atomic E-state index is 10.2. The van der Waals surface area contributed by atoms with Crippen LogP contribution in [0.4, 0.5) is 0 Å². The fourth-order valence-electron chi connectivity index (χ4n) is 2.65. The van der Waals surface area contributed by atoms with Crippen LogP contribution in [0.2, 0.25) is 0 Å². The highest BCUT2D eigenvalue weighted by atomic mass is 16.5. The maximum Gasteiger partial charge on any atom is 0.109 e. The Hall–Kier alpha value is -0.690. The van der Waals surface area contributed by atoms with Crippen molar-refractivity contribution in [2.45, 2.75) is 50.7 Å². The van der Waals surface area contributed by atoms with Crippen LogP contribution in [0, 0.1) is 0 Å². The minimum absolute atomic E-state index is 0.119. The van der Waals surface area contributed by atoms with Gasteiger partial charge in [0.25, 0.3) is 0 Å². The van der Waals surface area contributed by atoms with Gasteiger partial charge in [0.15, 0.2) is 0 Å². The molecule has 19 heavy (non-hydrogen) atoms. The van der Waals surface area contributed by atoms with Crippen LogP contribution >= 0.6 is 0 Å². The molecule has 0 spiro atoms. The number of likely N-dealkylation sites (N-methyl/N-ethyl adjacent to an activating group) is 1. The van der Waals surface area contributed by atoms with Crippen molar-refractivity contribution in [3.05, 3.63) is 0 Å². The van der Waals surface area contributed by atoms with Crippen LogP contribution in [0.15, 0.2) is 4.99 Å². The largest absolute Gasteiger partial charge is 0.388 e. The van der Waals surface area contributed by atoms with Gasteiger partial charge < -0.3 is 25.2 Å². The van der Waals surface area contributed by atoms with Crippen molar-refractivity contribution in [2.75, 3.05) is 26.7 Å². The number of amidine groups is 1. The molecule has 5 atom stereocenters. The van der Waals surface area contributed by atoms with E-state index in [2.05, 4.69) is 22.1 Å². The first-order chi connectivity index (χ1) is 9.08. The van der Waals surface area contributed by atoms with Crippen LogP contribution in [-0.2, 0) is 4.74 Å². The molecule has 1 fully saturated rings. The van der Waals surface area contributed by atoms with Crippen LogP contribution in [0.5, 0.6) is 0 Å². The summed E-state index contributed by atoms with van der Waals surface area (Å²) in [5.41, 5.74) is 0. The average molecular weight is 271 g/mol. The molecule has 2 rings (SSSR count). The lowest BCUT2D eigenvalue weighted by molar-refractivity contribution is -0.170. The molecule has 6 nitrogen and oxygen atoms in total. The predicted octanol–water partition coefficient (Wildman–Crippen LogP) is -0.792. The number of aliphatic hydroxyl groups excluding tert-OH is 2. The van der Waals surface area contributed by atoms with Gasteiger partial charge in [-0.15, -0.1) is 0 Å². The van der Waals surface area contributed by atoms with Crippen molar-refractivity contribution in [1.82, 2.24) is 10.2 Å². The molecule has 0 saturated carbocycles. The Labute approximate surface area is 114 Å². The summed E-state index contributed by atoms with van der Waals surface area (Å²) in [4.78, 5) is 6.57. The number of ether oxygens (including phenoxy) is 1. The van der Waals surface area contributed by atoms with Gasteiger partial charge in [-0.2, -0.15) is 0 Å². The minimum atomic E-state index is -0.879. The average Bonchev–Trinajstić information content (AvgIpc) is 2.84. The fraction of sp³-hybridized carbons (Fsp3) is 0.923. The van der Waals surface area contributed by atoms with E-state index in [-0.39, 0.29) is 18.2 Å². The molecular formula is C13H25N3O3. The maximum atomic E-state index is 10.2. The summed E-state index contributed by atoms with van der Waals surface area (Å²) in [5.74, 6) is 0.952. The standard InChI is InChI=1S/C13H25N3O3/c1-4-14-7-9-12(17)13(18)11-8(19-9)6-10(15-11)16(3)5-2/h8-9,11-14,17-18H,4-7H2,1-3H3/t8-,9-,11+,12-,13-/m1/s1.